The van der Waals surface area contributed by atoms with E-state index >= 15 is 0 Å². The van der Waals surface area contributed by atoms with Crippen molar-refractivity contribution in [2.45, 2.75) is 64.0 Å². The van der Waals surface area contributed by atoms with E-state index in [0.717, 1.165) is 63.7 Å². The number of hydrogen-bond donors (Lipinski definition) is 1. The van der Waals surface area contributed by atoms with Crippen LogP contribution >= 0.6 is 0 Å². The Bertz CT molecular complexity index is 626. The number of carbonyl (C=O) groups excluding carboxylic acids is 2. The van der Waals surface area contributed by atoms with E-state index in [-0.39, 0.29) is 23.9 Å². The summed E-state index contributed by atoms with van der Waals surface area (Å²) in [6.45, 7) is 4.36. The maximum absolute atomic E-state index is 13.0. The molecule has 1 aliphatic carbocycles. The Kier molecular flexibility index (Phi) is 6.89. The van der Waals surface area contributed by atoms with Gasteiger partial charge in [-0.3, -0.25) is 9.59 Å². The second kappa shape index (κ2) is 9.36. The van der Waals surface area contributed by atoms with E-state index in [9.17, 15) is 9.59 Å². The number of nitrogens with two attached hydrogens (primary N) is 1. The number of hydrogen-bond acceptors (Lipinski definition) is 3. The van der Waals surface area contributed by atoms with Crippen LogP contribution in [0.1, 0.15) is 62.2 Å². The van der Waals surface area contributed by atoms with Crippen LogP contribution in [0.25, 0.3) is 0 Å². The molecule has 1 aliphatic heterocycles. The summed E-state index contributed by atoms with van der Waals surface area (Å²) in [7, 11) is 0. The Morgan fingerprint density at radius 3 is 2.41 bits per heavy atom. The van der Waals surface area contributed by atoms with Crippen molar-refractivity contribution < 1.29 is 9.59 Å². The van der Waals surface area contributed by atoms with Gasteiger partial charge < -0.3 is 15.5 Å². The van der Waals surface area contributed by atoms with E-state index in [2.05, 4.69) is 11.8 Å². The lowest BCUT2D eigenvalue weighted by atomic mass is 9.97. The standard InChI is InChI=1S/C22H33N3O2/c1-2-13-25(21(26)16-18-9-6-10-20(18)23)19-11-14-24(15-12-19)22(27)17-7-4-3-5-8-17/h3-5,7-8,18-20H,2,6,9-16,23H2,1H3/t18-,20+/m0/s1. The lowest BCUT2D eigenvalue weighted by Gasteiger charge is -2.39. The summed E-state index contributed by atoms with van der Waals surface area (Å²) < 4.78 is 0. The first-order valence-corrected chi connectivity index (χ1v) is 10.5. The van der Waals surface area contributed by atoms with Gasteiger partial charge in [0.05, 0.1) is 0 Å². The predicted octanol–water partition coefficient (Wildman–Crippen LogP) is 3.05. The molecule has 2 atom stereocenters. The molecule has 5 nitrogen and oxygen atoms in total. The highest BCUT2D eigenvalue weighted by Gasteiger charge is 2.32. The number of nitrogens with zero attached hydrogens (tertiary/aromatic N) is 2. The van der Waals surface area contributed by atoms with Crippen LogP contribution in [0.15, 0.2) is 30.3 Å². The van der Waals surface area contributed by atoms with Gasteiger partial charge >= 0.3 is 0 Å². The third-order valence-electron chi connectivity index (χ3n) is 6.15. The third kappa shape index (κ3) is 4.89. The van der Waals surface area contributed by atoms with Crippen molar-refractivity contribution in [3.63, 3.8) is 0 Å². The molecule has 1 saturated carbocycles. The molecule has 2 aliphatic rings. The van der Waals surface area contributed by atoms with Crippen molar-refractivity contribution in [3.8, 4) is 0 Å². The first kappa shape index (κ1) is 19.9. The van der Waals surface area contributed by atoms with Gasteiger partial charge in [-0.05, 0) is 50.2 Å². The minimum atomic E-state index is 0.0966. The highest BCUT2D eigenvalue weighted by molar-refractivity contribution is 5.94. The van der Waals surface area contributed by atoms with E-state index in [1.165, 1.54) is 0 Å². The van der Waals surface area contributed by atoms with Crippen LogP contribution in [0.3, 0.4) is 0 Å². The maximum Gasteiger partial charge on any atom is 0.253 e. The number of benzene rings is 1. The van der Waals surface area contributed by atoms with Gasteiger partial charge in [-0.15, -0.1) is 0 Å². The molecule has 3 rings (SSSR count). The van der Waals surface area contributed by atoms with E-state index in [1.54, 1.807) is 0 Å². The number of amides is 2. The molecule has 2 fully saturated rings. The molecule has 0 radical (unpaired) electrons. The van der Waals surface area contributed by atoms with Crippen molar-refractivity contribution in [2.24, 2.45) is 11.7 Å². The molecular formula is C22H33N3O2. The van der Waals surface area contributed by atoms with Gasteiger partial charge in [-0.2, -0.15) is 0 Å². The summed E-state index contributed by atoms with van der Waals surface area (Å²) in [6, 6.07) is 9.88. The first-order chi connectivity index (χ1) is 13.1. The van der Waals surface area contributed by atoms with Crippen molar-refractivity contribution in [3.05, 3.63) is 35.9 Å². The molecule has 2 amide bonds. The number of piperidine rings is 1. The first-order valence-electron chi connectivity index (χ1n) is 10.5. The van der Waals surface area contributed by atoms with Gasteiger partial charge in [-0.25, -0.2) is 0 Å². The van der Waals surface area contributed by atoms with Crippen LogP contribution in [0.2, 0.25) is 0 Å². The minimum Gasteiger partial charge on any atom is -0.340 e. The smallest absolute Gasteiger partial charge is 0.253 e. The van der Waals surface area contributed by atoms with Crippen molar-refractivity contribution in [2.75, 3.05) is 19.6 Å². The van der Waals surface area contributed by atoms with Gasteiger partial charge in [-0.1, -0.05) is 31.5 Å². The second-order valence-corrected chi connectivity index (χ2v) is 8.04. The van der Waals surface area contributed by atoms with Crippen LogP contribution in [-0.4, -0.2) is 53.3 Å². The zero-order chi connectivity index (χ0) is 19.2. The topological polar surface area (TPSA) is 66.6 Å². The van der Waals surface area contributed by atoms with Crippen LogP contribution in [0, 0.1) is 5.92 Å². The minimum absolute atomic E-state index is 0.0966. The zero-order valence-electron chi connectivity index (χ0n) is 16.5. The third-order valence-corrected chi connectivity index (χ3v) is 6.15. The average molecular weight is 372 g/mol. The number of carbonyl (C=O) groups is 2. The second-order valence-electron chi connectivity index (χ2n) is 8.04. The van der Waals surface area contributed by atoms with E-state index in [1.807, 2.05) is 35.2 Å². The van der Waals surface area contributed by atoms with Gasteiger partial charge in [0.1, 0.15) is 0 Å². The molecule has 1 heterocycles. The highest BCUT2D eigenvalue weighted by Crippen LogP contribution is 2.28. The van der Waals surface area contributed by atoms with Gasteiger partial charge in [0.15, 0.2) is 0 Å². The van der Waals surface area contributed by atoms with E-state index in [0.29, 0.717) is 12.3 Å². The molecule has 27 heavy (non-hydrogen) atoms. The monoisotopic (exact) mass is 371 g/mol. The fraction of sp³-hybridized carbons (Fsp3) is 0.636. The van der Waals surface area contributed by atoms with Gasteiger partial charge in [0.2, 0.25) is 5.91 Å². The molecule has 0 bridgehead atoms. The molecule has 1 aromatic carbocycles. The fourth-order valence-electron chi connectivity index (χ4n) is 4.56. The molecule has 2 N–H and O–H groups in total. The molecule has 1 saturated heterocycles. The van der Waals surface area contributed by atoms with E-state index in [4.69, 9.17) is 5.73 Å². The molecule has 1 aromatic rings. The number of rotatable bonds is 6. The molecule has 0 spiro atoms. The normalized spacial score (nSPS) is 23.4. The summed E-state index contributed by atoms with van der Waals surface area (Å²) in [5.41, 5.74) is 6.91. The Labute approximate surface area is 162 Å². The fourth-order valence-corrected chi connectivity index (χ4v) is 4.56. The van der Waals surface area contributed by atoms with Crippen molar-refractivity contribution in [1.82, 2.24) is 9.80 Å². The van der Waals surface area contributed by atoms with E-state index < -0.39 is 0 Å². The Hall–Kier alpha value is -1.88. The van der Waals surface area contributed by atoms with Gasteiger partial charge in [0.25, 0.3) is 5.91 Å². The Balaban J connectivity index is 1.56. The molecule has 0 unspecified atom stereocenters. The summed E-state index contributed by atoms with van der Waals surface area (Å²) in [4.78, 5) is 29.6. The summed E-state index contributed by atoms with van der Waals surface area (Å²) in [5.74, 6) is 0.697. The lowest BCUT2D eigenvalue weighted by Crippen LogP contribution is -2.49. The summed E-state index contributed by atoms with van der Waals surface area (Å²) >= 11 is 0. The number of likely N-dealkylation sites (tertiary alicyclic amines) is 1. The van der Waals surface area contributed by atoms with Crippen LogP contribution < -0.4 is 5.73 Å². The maximum atomic E-state index is 13.0. The SMILES string of the molecule is CCCN(C(=O)C[C@@H]1CCC[C@H]1N)C1CCN(C(=O)c2ccccc2)CC1. The van der Waals surface area contributed by atoms with Crippen LogP contribution in [0.5, 0.6) is 0 Å². The highest BCUT2D eigenvalue weighted by atomic mass is 16.2. The molecule has 0 aromatic heterocycles. The predicted molar refractivity (Wildman–Crippen MR) is 107 cm³/mol. The molecular weight excluding hydrogens is 338 g/mol. The Morgan fingerprint density at radius 1 is 1.11 bits per heavy atom. The largest absolute Gasteiger partial charge is 0.340 e. The average Bonchev–Trinajstić information content (AvgIpc) is 3.11. The summed E-state index contributed by atoms with van der Waals surface area (Å²) in [5, 5.41) is 0. The van der Waals surface area contributed by atoms with Crippen molar-refractivity contribution >= 4 is 11.8 Å². The van der Waals surface area contributed by atoms with Gasteiger partial charge in [0, 0.05) is 43.7 Å². The quantitative estimate of drug-likeness (QED) is 0.836. The molecule has 148 valence electrons. The Morgan fingerprint density at radius 2 is 1.81 bits per heavy atom. The van der Waals surface area contributed by atoms with Crippen molar-refractivity contribution in [1.29, 1.82) is 0 Å². The van der Waals surface area contributed by atoms with Crippen LogP contribution in [0.4, 0.5) is 0 Å². The molecule has 5 heteroatoms. The lowest BCUT2D eigenvalue weighted by molar-refractivity contribution is -0.135. The van der Waals surface area contributed by atoms with Crippen LogP contribution in [-0.2, 0) is 4.79 Å². The summed E-state index contributed by atoms with van der Waals surface area (Å²) in [6.07, 6.45) is 6.55. The zero-order valence-corrected chi connectivity index (χ0v) is 16.5.